The van der Waals surface area contributed by atoms with E-state index in [9.17, 15) is 0 Å². The van der Waals surface area contributed by atoms with Gasteiger partial charge in [-0.25, -0.2) is 0 Å². The highest BCUT2D eigenvalue weighted by atomic mass is 35.5. The summed E-state index contributed by atoms with van der Waals surface area (Å²) in [7, 11) is 4.13. The van der Waals surface area contributed by atoms with E-state index < -0.39 is 0 Å². The molecule has 1 aromatic rings. The van der Waals surface area contributed by atoms with Gasteiger partial charge in [-0.05, 0) is 26.2 Å². The molecule has 0 saturated carbocycles. The van der Waals surface area contributed by atoms with Gasteiger partial charge in [-0.15, -0.1) is 0 Å². The minimum atomic E-state index is 0. The fourth-order valence-corrected chi connectivity index (χ4v) is 0.927. The summed E-state index contributed by atoms with van der Waals surface area (Å²) >= 11 is 0. The molecule has 1 aromatic heterocycles. The van der Waals surface area contributed by atoms with Crippen molar-refractivity contribution in [1.29, 1.82) is 0 Å². The summed E-state index contributed by atoms with van der Waals surface area (Å²) in [5.41, 5.74) is 0. The first-order valence-electron chi connectivity index (χ1n) is 4.17. The predicted molar refractivity (Wildman–Crippen MR) is 49.0 cm³/mol. The minimum Gasteiger partial charge on any atom is -1.00 e. The Kier molecular flexibility index (Phi) is 10.8. The van der Waals surface area contributed by atoms with E-state index in [0.717, 1.165) is 25.4 Å². The van der Waals surface area contributed by atoms with E-state index in [0.29, 0.717) is 0 Å². The van der Waals surface area contributed by atoms with Gasteiger partial charge in [-0.3, -0.25) is 0 Å². The first kappa shape index (κ1) is 16.2. The van der Waals surface area contributed by atoms with Crippen LogP contribution in [0.5, 0.6) is 0 Å². The van der Waals surface area contributed by atoms with Gasteiger partial charge in [-0.2, -0.15) is 0 Å². The molecule has 0 radical (unpaired) electrons. The monoisotopic (exact) mass is 238 g/mol. The van der Waals surface area contributed by atoms with Crippen molar-refractivity contribution < 1.29 is 29.2 Å². The number of halogens is 2. The number of nitrogens with one attached hydrogen (secondary N) is 1. The molecule has 0 bridgehead atoms. The molecule has 0 aromatic carbocycles. The molecule has 0 aliphatic carbocycles. The third kappa shape index (κ3) is 7.21. The van der Waals surface area contributed by atoms with E-state index in [1.807, 2.05) is 12.1 Å². The van der Waals surface area contributed by atoms with Crippen LogP contribution in [0.25, 0.3) is 0 Å². The lowest BCUT2D eigenvalue weighted by atomic mass is 10.4. The number of rotatable bonds is 5. The zero-order valence-corrected chi connectivity index (χ0v) is 9.98. The largest absolute Gasteiger partial charge is 1.00 e. The molecule has 0 fully saturated rings. The van der Waals surface area contributed by atoms with Crippen LogP contribution in [0.3, 0.4) is 0 Å². The molecule has 5 heteroatoms. The van der Waals surface area contributed by atoms with Crippen LogP contribution in [0.15, 0.2) is 22.8 Å². The van der Waals surface area contributed by atoms with Crippen molar-refractivity contribution in [2.75, 3.05) is 27.2 Å². The van der Waals surface area contributed by atoms with Crippen molar-refractivity contribution >= 4 is 0 Å². The molecular formula is C9H16Cl2N2O-2. The maximum atomic E-state index is 5.16. The average molecular weight is 239 g/mol. The molecule has 0 amide bonds. The molecular weight excluding hydrogens is 223 g/mol. The van der Waals surface area contributed by atoms with Crippen LogP contribution in [-0.2, 0) is 6.54 Å². The highest BCUT2D eigenvalue weighted by Crippen LogP contribution is 1.97. The lowest BCUT2D eigenvalue weighted by molar-refractivity contribution is -0.001000. The Balaban J connectivity index is 0. The van der Waals surface area contributed by atoms with Crippen LogP contribution in [-0.4, -0.2) is 32.1 Å². The van der Waals surface area contributed by atoms with Crippen molar-refractivity contribution in [3.63, 3.8) is 0 Å². The van der Waals surface area contributed by atoms with E-state index in [2.05, 4.69) is 24.3 Å². The summed E-state index contributed by atoms with van der Waals surface area (Å²) < 4.78 is 5.16. The average Bonchev–Trinajstić information content (AvgIpc) is 2.49. The topological polar surface area (TPSA) is 28.4 Å². The van der Waals surface area contributed by atoms with Crippen LogP contribution in [0, 0.1) is 0 Å². The van der Waals surface area contributed by atoms with Crippen LogP contribution >= 0.6 is 0 Å². The summed E-state index contributed by atoms with van der Waals surface area (Å²) in [6, 6.07) is 3.88. The Hall–Kier alpha value is -0.220. The summed E-state index contributed by atoms with van der Waals surface area (Å²) in [5.74, 6) is 0.994. The van der Waals surface area contributed by atoms with Gasteiger partial charge in [0, 0.05) is 13.1 Å². The maximum Gasteiger partial charge on any atom is 0.117 e. The Morgan fingerprint density at radius 2 is 2.07 bits per heavy atom. The molecule has 0 aliphatic rings. The molecule has 1 rings (SSSR count). The fourth-order valence-electron chi connectivity index (χ4n) is 0.927. The molecule has 3 nitrogen and oxygen atoms in total. The summed E-state index contributed by atoms with van der Waals surface area (Å²) in [6.07, 6.45) is 1.70. The maximum absolute atomic E-state index is 5.16. The molecule has 0 saturated heterocycles. The predicted octanol–water partition coefficient (Wildman–Crippen LogP) is -5.06. The van der Waals surface area contributed by atoms with Crippen molar-refractivity contribution in [2.24, 2.45) is 0 Å². The second kappa shape index (κ2) is 9.34. The first-order valence-corrected chi connectivity index (χ1v) is 4.17. The van der Waals surface area contributed by atoms with Gasteiger partial charge < -0.3 is 39.4 Å². The number of furan rings is 1. The zero-order valence-electron chi connectivity index (χ0n) is 8.46. The van der Waals surface area contributed by atoms with Crippen molar-refractivity contribution in [1.82, 2.24) is 10.2 Å². The second-order valence-electron chi connectivity index (χ2n) is 3.06. The van der Waals surface area contributed by atoms with Crippen LogP contribution in [0.4, 0.5) is 0 Å². The van der Waals surface area contributed by atoms with E-state index in [1.54, 1.807) is 6.26 Å². The first-order chi connectivity index (χ1) is 5.79. The van der Waals surface area contributed by atoms with Crippen LogP contribution < -0.4 is 30.1 Å². The summed E-state index contributed by atoms with van der Waals surface area (Å²) in [6.45, 7) is 2.87. The summed E-state index contributed by atoms with van der Waals surface area (Å²) in [4.78, 5) is 2.15. The lowest BCUT2D eigenvalue weighted by Gasteiger charge is -2.08. The minimum absolute atomic E-state index is 0. The van der Waals surface area contributed by atoms with Gasteiger partial charge in [0.15, 0.2) is 0 Å². The van der Waals surface area contributed by atoms with E-state index >= 15 is 0 Å². The SMILES string of the molecule is CN(C)CCNCc1ccco1.[Cl-].[Cl-]. The van der Waals surface area contributed by atoms with Gasteiger partial charge in [0.05, 0.1) is 12.8 Å². The summed E-state index contributed by atoms with van der Waals surface area (Å²) in [5, 5.41) is 3.28. The van der Waals surface area contributed by atoms with Crippen LogP contribution in [0.2, 0.25) is 0 Å². The zero-order chi connectivity index (χ0) is 8.81. The van der Waals surface area contributed by atoms with Crippen molar-refractivity contribution in [2.45, 2.75) is 6.54 Å². The Bertz CT molecular complexity index is 203. The lowest BCUT2D eigenvalue weighted by Crippen LogP contribution is -3.00. The molecule has 0 unspecified atom stereocenters. The van der Waals surface area contributed by atoms with E-state index in [1.165, 1.54) is 0 Å². The molecule has 0 atom stereocenters. The van der Waals surface area contributed by atoms with E-state index in [-0.39, 0.29) is 24.8 Å². The van der Waals surface area contributed by atoms with Crippen molar-refractivity contribution in [3.05, 3.63) is 24.2 Å². The number of hydrogen-bond donors (Lipinski definition) is 1. The van der Waals surface area contributed by atoms with Gasteiger partial charge in [0.1, 0.15) is 5.76 Å². The quantitative estimate of drug-likeness (QED) is 0.521. The molecule has 1 heterocycles. The second-order valence-corrected chi connectivity index (χ2v) is 3.06. The van der Waals surface area contributed by atoms with Crippen LogP contribution in [0.1, 0.15) is 5.76 Å². The van der Waals surface area contributed by atoms with E-state index in [4.69, 9.17) is 4.42 Å². The third-order valence-electron chi connectivity index (χ3n) is 1.62. The normalized spacial score (nSPS) is 9.36. The van der Waals surface area contributed by atoms with Gasteiger partial charge in [-0.1, -0.05) is 0 Å². The Labute approximate surface area is 97.7 Å². The molecule has 14 heavy (non-hydrogen) atoms. The standard InChI is InChI=1S/C9H16N2O.2ClH/c1-11(2)6-5-10-8-9-4-3-7-12-9;;/h3-4,7,10H,5-6,8H2,1-2H3;2*1H/p-2. The smallest absolute Gasteiger partial charge is 0.117 e. The molecule has 1 N–H and O–H groups in total. The number of likely N-dealkylation sites (N-methyl/N-ethyl adjacent to an activating group) is 1. The fraction of sp³-hybridized carbons (Fsp3) is 0.556. The molecule has 0 spiro atoms. The highest BCUT2D eigenvalue weighted by Gasteiger charge is 1.94. The number of hydrogen-bond acceptors (Lipinski definition) is 3. The molecule has 84 valence electrons. The van der Waals surface area contributed by atoms with Gasteiger partial charge in [0.25, 0.3) is 0 Å². The number of nitrogens with zero attached hydrogens (tertiary/aromatic N) is 1. The van der Waals surface area contributed by atoms with Gasteiger partial charge >= 0.3 is 0 Å². The molecule has 0 aliphatic heterocycles. The van der Waals surface area contributed by atoms with Crippen molar-refractivity contribution in [3.8, 4) is 0 Å². The Morgan fingerprint density at radius 1 is 1.36 bits per heavy atom. The Morgan fingerprint density at radius 3 is 2.57 bits per heavy atom. The van der Waals surface area contributed by atoms with Gasteiger partial charge in [0.2, 0.25) is 0 Å². The highest BCUT2D eigenvalue weighted by molar-refractivity contribution is 4.97. The third-order valence-corrected chi connectivity index (χ3v) is 1.62.